The van der Waals surface area contributed by atoms with Crippen LogP contribution in [0, 0.1) is 0 Å². The van der Waals surface area contributed by atoms with Gasteiger partial charge in [0, 0.05) is 45.5 Å². The molecule has 9 heteroatoms. The first kappa shape index (κ1) is 34.6. The van der Waals surface area contributed by atoms with E-state index in [2.05, 4.69) is 59.4 Å². The summed E-state index contributed by atoms with van der Waals surface area (Å²) in [6.45, 7) is 5.26. The van der Waals surface area contributed by atoms with E-state index in [4.69, 9.17) is 33.7 Å². The molecule has 0 unspecified atom stereocenters. The molecule has 0 aromatic carbocycles. The summed E-state index contributed by atoms with van der Waals surface area (Å²) >= 11 is 0. The van der Waals surface area contributed by atoms with Crippen LogP contribution in [0.15, 0.2) is 30.3 Å². The lowest BCUT2D eigenvalue weighted by Gasteiger charge is -2.10. The highest BCUT2D eigenvalue weighted by atomic mass is 16.5. The van der Waals surface area contributed by atoms with E-state index in [0.29, 0.717) is 33.0 Å². The van der Waals surface area contributed by atoms with Crippen LogP contribution in [0.2, 0.25) is 0 Å². The molecule has 0 fully saturated rings. The van der Waals surface area contributed by atoms with E-state index in [1.807, 2.05) is 0 Å². The normalized spacial score (nSPS) is 12.8. The van der Waals surface area contributed by atoms with Crippen molar-refractivity contribution < 1.29 is 23.7 Å². The SMILES string of the molecule is CCCCCCOc1cc2[nH]c(cc2CCOC)c2nc(ccc3[nH]c(cc3CCOC)c3nc1C(CCOC)=C3)C(CCOC)=C2. The van der Waals surface area contributed by atoms with Crippen molar-refractivity contribution >= 4 is 45.4 Å². The number of fused-ring (bicyclic) bond motifs is 10. The van der Waals surface area contributed by atoms with Crippen LogP contribution in [0.5, 0.6) is 5.75 Å². The van der Waals surface area contributed by atoms with E-state index < -0.39 is 0 Å². The predicted molar refractivity (Wildman–Crippen MR) is 191 cm³/mol. The summed E-state index contributed by atoms with van der Waals surface area (Å²) in [4.78, 5) is 17.7. The lowest BCUT2D eigenvalue weighted by Crippen LogP contribution is -2.01. The zero-order valence-electron chi connectivity index (χ0n) is 28.7. The molecule has 9 nitrogen and oxygen atoms in total. The van der Waals surface area contributed by atoms with Gasteiger partial charge >= 0.3 is 0 Å². The maximum atomic E-state index is 6.62. The third-order valence-corrected chi connectivity index (χ3v) is 8.62. The highest BCUT2D eigenvalue weighted by Crippen LogP contribution is 2.35. The number of nitrogens with zero attached hydrogens (tertiary/aromatic N) is 2. The predicted octanol–water partition coefficient (Wildman–Crippen LogP) is 7.81. The van der Waals surface area contributed by atoms with Crippen LogP contribution >= 0.6 is 0 Å². The van der Waals surface area contributed by atoms with Crippen molar-refractivity contribution in [3.8, 4) is 5.75 Å². The summed E-state index contributed by atoms with van der Waals surface area (Å²) in [6, 6.07) is 10.7. The Hall–Kier alpha value is -3.76. The van der Waals surface area contributed by atoms with Crippen LogP contribution in [-0.2, 0) is 31.8 Å². The maximum absolute atomic E-state index is 6.62. The topological polar surface area (TPSA) is 104 Å². The Labute approximate surface area is 278 Å². The van der Waals surface area contributed by atoms with Gasteiger partial charge in [0.05, 0.1) is 61.1 Å². The van der Waals surface area contributed by atoms with Gasteiger partial charge in [-0.2, -0.15) is 0 Å². The number of aromatic amines is 2. The first-order valence-electron chi connectivity index (χ1n) is 16.8. The maximum Gasteiger partial charge on any atom is 0.147 e. The van der Waals surface area contributed by atoms with Gasteiger partial charge in [-0.15, -0.1) is 0 Å². The molecule has 0 amide bonds. The lowest BCUT2D eigenvalue weighted by atomic mass is 10.1. The summed E-state index contributed by atoms with van der Waals surface area (Å²) in [5, 5.41) is 0. The van der Waals surface area contributed by atoms with E-state index in [-0.39, 0.29) is 0 Å². The van der Waals surface area contributed by atoms with Crippen molar-refractivity contribution in [3.05, 3.63) is 64.2 Å². The Kier molecular flexibility index (Phi) is 12.8. The van der Waals surface area contributed by atoms with Crippen LogP contribution in [0.1, 0.15) is 79.4 Å². The highest BCUT2D eigenvalue weighted by Gasteiger charge is 2.19. The van der Waals surface area contributed by atoms with E-state index in [0.717, 1.165) is 111 Å². The number of hydrogen-bond acceptors (Lipinski definition) is 7. The Balaban J connectivity index is 1.80. The van der Waals surface area contributed by atoms with Gasteiger partial charge in [-0.05, 0) is 90.8 Å². The molecule has 0 spiro atoms. The number of methoxy groups -OCH3 is 4. The van der Waals surface area contributed by atoms with Gasteiger partial charge in [-0.1, -0.05) is 26.2 Å². The molecule has 0 saturated heterocycles. The number of ether oxygens (including phenoxy) is 5. The van der Waals surface area contributed by atoms with Crippen LogP contribution in [0.4, 0.5) is 0 Å². The number of nitrogens with one attached hydrogen (secondary N) is 2. The molecule has 0 saturated carbocycles. The number of aromatic nitrogens is 4. The molecule has 0 radical (unpaired) electrons. The van der Waals surface area contributed by atoms with E-state index in [9.17, 15) is 0 Å². The molecule has 0 aliphatic carbocycles. The minimum absolute atomic E-state index is 0.585. The smallest absolute Gasteiger partial charge is 0.147 e. The monoisotopic (exact) mass is 642 g/mol. The van der Waals surface area contributed by atoms with Crippen molar-refractivity contribution in [3.63, 3.8) is 0 Å². The molecule has 2 aliphatic rings. The molecule has 2 N–H and O–H groups in total. The van der Waals surface area contributed by atoms with E-state index in [1.165, 1.54) is 12.8 Å². The molecule has 3 aromatic rings. The summed E-state index contributed by atoms with van der Waals surface area (Å²) < 4.78 is 28.6. The molecule has 2 aliphatic heterocycles. The second-order valence-electron chi connectivity index (χ2n) is 12.0. The molecular formula is C38H50N4O5. The fourth-order valence-electron chi connectivity index (χ4n) is 5.98. The quantitative estimate of drug-likeness (QED) is 0.136. The Morgan fingerprint density at radius 1 is 0.574 bits per heavy atom. The number of rotatable bonds is 18. The fraction of sp³-hybridized carbons (Fsp3) is 0.474. The molecule has 8 bridgehead atoms. The average Bonchev–Trinajstić information content (AvgIpc) is 3.87. The molecular weight excluding hydrogens is 592 g/mol. The molecule has 5 rings (SSSR count). The fourth-order valence-corrected chi connectivity index (χ4v) is 5.98. The minimum Gasteiger partial charge on any atom is -0.491 e. The number of H-pyrrole nitrogens is 2. The zero-order chi connectivity index (χ0) is 33.0. The molecule has 3 aromatic heterocycles. The molecule has 47 heavy (non-hydrogen) atoms. The number of unbranched alkanes of at least 4 members (excludes halogenated alkanes) is 3. The lowest BCUT2D eigenvalue weighted by molar-refractivity contribution is 0.202. The summed E-state index contributed by atoms with van der Waals surface area (Å²) in [5.74, 6) is 0.751. The van der Waals surface area contributed by atoms with Crippen molar-refractivity contribution in [1.29, 1.82) is 0 Å². The van der Waals surface area contributed by atoms with Crippen molar-refractivity contribution in [1.82, 2.24) is 19.9 Å². The first-order valence-corrected chi connectivity index (χ1v) is 16.8. The highest BCUT2D eigenvalue weighted by molar-refractivity contribution is 5.91. The van der Waals surface area contributed by atoms with Crippen LogP contribution < -0.4 is 4.74 Å². The van der Waals surface area contributed by atoms with E-state index >= 15 is 0 Å². The summed E-state index contributed by atoms with van der Waals surface area (Å²) in [7, 11) is 6.93. The van der Waals surface area contributed by atoms with Gasteiger partial charge < -0.3 is 33.7 Å². The third kappa shape index (κ3) is 8.78. The minimum atomic E-state index is 0.585. The first-order chi connectivity index (χ1) is 23.1. The average molecular weight is 643 g/mol. The van der Waals surface area contributed by atoms with Crippen LogP contribution in [0.3, 0.4) is 0 Å². The second-order valence-corrected chi connectivity index (χ2v) is 12.0. The van der Waals surface area contributed by atoms with Gasteiger partial charge in [0.2, 0.25) is 0 Å². The zero-order valence-corrected chi connectivity index (χ0v) is 28.7. The van der Waals surface area contributed by atoms with Crippen molar-refractivity contribution in [2.45, 2.75) is 58.3 Å². The van der Waals surface area contributed by atoms with Gasteiger partial charge in [-0.25, -0.2) is 9.97 Å². The third-order valence-electron chi connectivity index (χ3n) is 8.62. The summed E-state index contributed by atoms with van der Waals surface area (Å²) in [5.41, 5.74) is 12.0. The molecule has 0 atom stereocenters. The van der Waals surface area contributed by atoms with Crippen molar-refractivity contribution in [2.24, 2.45) is 0 Å². The largest absolute Gasteiger partial charge is 0.491 e. The van der Waals surface area contributed by atoms with Gasteiger partial charge in [0.1, 0.15) is 11.4 Å². The van der Waals surface area contributed by atoms with Crippen molar-refractivity contribution in [2.75, 3.05) is 61.5 Å². The molecule has 5 heterocycles. The van der Waals surface area contributed by atoms with E-state index in [1.54, 1.807) is 28.4 Å². The molecule has 252 valence electrons. The van der Waals surface area contributed by atoms with Gasteiger partial charge in [0.25, 0.3) is 0 Å². The van der Waals surface area contributed by atoms with Gasteiger partial charge in [0.15, 0.2) is 0 Å². The summed E-state index contributed by atoms with van der Waals surface area (Å²) in [6.07, 6.45) is 11.8. The standard InChI is InChI=1S/C38H50N4O5/c1-6-7-8-9-16-47-37-25-32-28(14-19-45-4)23-34(41-32)33-21-26(12-17-43-2)30(39-33)10-11-31-27(13-18-44-3)22-35(40-31)36-24-29(15-20-46-5)38(37)42-36/h10-11,21-25,40-41H,6-9,12-20H2,1-5H3. The Morgan fingerprint density at radius 2 is 1.17 bits per heavy atom. The Bertz CT molecular complexity index is 1720. The van der Waals surface area contributed by atoms with Crippen LogP contribution in [-0.4, -0.2) is 81.4 Å². The Morgan fingerprint density at radius 3 is 1.85 bits per heavy atom. The second kappa shape index (κ2) is 17.4. The van der Waals surface area contributed by atoms with Crippen LogP contribution in [0.25, 0.3) is 45.4 Å². The van der Waals surface area contributed by atoms with Gasteiger partial charge in [-0.3, -0.25) is 0 Å². The number of hydrogen-bond donors (Lipinski definition) is 2.